The second kappa shape index (κ2) is 8.80. The van der Waals surface area contributed by atoms with Gasteiger partial charge in [-0.05, 0) is 30.0 Å². The molecule has 5 heteroatoms. The summed E-state index contributed by atoms with van der Waals surface area (Å²) < 4.78 is 11.4. The Morgan fingerprint density at radius 1 is 1.22 bits per heavy atom. The average Bonchev–Trinajstić information content (AvgIpc) is 2.61. The van der Waals surface area contributed by atoms with E-state index in [1.807, 2.05) is 30.3 Å². The highest BCUT2D eigenvalue weighted by Crippen LogP contribution is 2.29. The summed E-state index contributed by atoms with van der Waals surface area (Å²) in [5.41, 5.74) is 6.87. The van der Waals surface area contributed by atoms with E-state index in [0.29, 0.717) is 6.61 Å². The maximum atomic E-state index is 9.34. The monoisotopic (exact) mass is 315 g/mol. The third kappa shape index (κ3) is 5.64. The summed E-state index contributed by atoms with van der Waals surface area (Å²) in [5, 5.41) is 7.67. The van der Waals surface area contributed by atoms with E-state index in [2.05, 4.69) is 23.9 Å². The fraction of sp³-hybridized carbons (Fsp3) is 0.278. The number of aliphatic hydroxyl groups is 1. The number of fused-ring (bicyclic) bond motifs is 1. The minimum Gasteiger partial charge on any atom is -0.493 e. The van der Waals surface area contributed by atoms with Crippen molar-refractivity contribution in [3.05, 3.63) is 59.7 Å². The highest BCUT2D eigenvalue weighted by atomic mass is 16.5. The number of ether oxygens (including phenoxy) is 2. The molecular weight excluding hydrogens is 294 g/mol. The van der Waals surface area contributed by atoms with Gasteiger partial charge in [0.1, 0.15) is 24.7 Å². The summed E-state index contributed by atoms with van der Waals surface area (Å²) in [7, 11) is 0. The van der Waals surface area contributed by atoms with E-state index in [0.717, 1.165) is 30.9 Å². The number of nitrogens with two attached hydrogens (primary N) is 1. The molecule has 1 heterocycles. The molecule has 1 aliphatic rings. The van der Waals surface area contributed by atoms with E-state index in [-0.39, 0.29) is 0 Å². The van der Waals surface area contributed by atoms with Gasteiger partial charge in [-0.15, -0.1) is 0 Å². The molecule has 2 aromatic rings. The minimum absolute atomic E-state index is 0.556. The van der Waals surface area contributed by atoms with Gasteiger partial charge >= 0.3 is 0 Å². The molecule has 5 nitrogen and oxygen atoms in total. The molecule has 23 heavy (non-hydrogen) atoms. The number of carbonyl (C=O) groups excluding carboxylic acids is 1. The Hall–Kier alpha value is -2.53. The van der Waals surface area contributed by atoms with Crippen molar-refractivity contribution in [1.29, 1.82) is 0 Å². The Bertz CT molecular complexity index is 628. The first-order valence-electron chi connectivity index (χ1n) is 7.50. The van der Waals surface area contributed by atoms with Crippen LogP contribution >= 0.6 is 0 Å². The van der Waals surface area contributed by atoms with Crippen molar-refractivity contribution in [2.45, 2.75) is 19.4 Å². The van der Waals surface area contributed by atoms with Crippen LogP contribution in [-0.2, 0) is 17.8 Å². The van der Waals surface area contributed by atoms with Crippen LogP contribution in [0.4, 0.5) is 0 Å². The summed E-state index contributed by atoms with van der Waals surface area (Å²) in [6.45, 7) is 0.856. The number of hydrogen-bond donors (Lipinski definition) is 2. The molecule has 0 spiro atoms. The topological polar surface area (TPSA) is 81.8 Å². The zero-order valence-corrected chi connectivity index (χ0v) is 12.9. The van der Waals surface area contributed by atoms with E-state index < -0.39 is 12.5 Å². The van der Waals surface area contributed by atoms with Crippen LogP contribution in [-0.4, -0.2) is 24.2 Å². The van der Waals surface area contributed by atoms with E-state index in [1.165, 1.54) is 11.1 Å². The van der Waals surface area contributed by atoms with Gasteiger partial charge in [-0.3, -0.25) is 4.79 Å². The second-order valence-corrected chi connectivity index (χ2v) is 5.12. The molecule has 1 aliphatic heterocycles. The minimum atomic E-state index is -0.690. The lowest BCUT2D eigenvalue weighted by Gasteiger charge is -2.18. The molecule has 0 bridgehead atoms. The Labute approximate surface area is 135 Å². The first kappa shape index (κ1) is 16.8. The number of benzene rings is 2. The number of amides is 1. The van der Waals surface area contributed by atoms with Crippen LogP contribution in [0.5, 0.6) is 11.5 Å². The molecule has 0 unspecified atom stereocenters. The number of aryl methyl sites for hydroxylation is 1. The van der Waals surface area contributed by atoms with Crippen molar-refractivity contribution >= 4 is 5.91 Å². The van der Waals surface area contributed by atoms with Gasteiger partial charge in [0.05, 0.1) is 6.61 Å². The predicted molar refractivity (Wildman–Crippen MR) is 87.3 cm³/mol. The summed E-state index contributed by atoms with van der Waals surface area (Å²) in [6.07, 6.45) is 2.21. The van der Waals surface area contributed by atoms with Gasteiger partial charge < -0.3 is 20.3 Å². The summed E-state index contributed by atoms with van der Waals surface area (Å²) in [4.78, 5) is 9.34. The van der Waals surface area contributed by atoms with Crippen molar-refractivity contribution in [1.82, 2.24) is 0 Å². The summed E-state index contributed by atoms with van der Waals surface area (Å²) in [5.74, 6) is 1.16. The molecule has 0 aromatic heterocycles. The van der Waals surface area contributed by atoms with Gasteiger partial charge in [0.25, 0.3) is 0 Å². The van der Waals surface area contributed by atoms with Gasteiger partial charge in [-0.1, -0.05) is 36.4 Å². The lowest BCUT2D eigenvalue weighted by Crippen LogP contribution is -2.14. The van der Waals surface area contributed by atoms with Crippen LogP contribution in [0.2, 0.25) is 0 Å². The van der Waals surface area contributed by atoms with Crippen molar-refractivity contribution in [2.75, 3.05) is 13.2 Å². The SMILES string of the molecule is NC(=O)CO.c1ccc(COc2ccc3c(c2)OCCC3)cc1. The Kier molecular flexibility index (Phi) is 6.44. The fourth-order valence-electron chi connectivity index (χ4n) is 2.15. The van der Waals surface area contributed by atoms with E-state index >= 15 is 0 Å². The molecule has 0 atom stereocenters. The number of rotatable bonds is 4. The molecule has 0 saturated carbocycles. The van der Waals surface area contributed by atoms with E-state index in [1.54, 1.807) is 0 Å². The highest BCUT2D eigenvalue weighted by Gasteiger charge is 2.10. The van der Waals surface area contributed by atoms with Gasteiger partial charge in [0, 0.05) is 6.07 Å². The third-order valence-corrected chi connectivity index (χ3v) is 3.29. The van der Waals surface area contributed by atoms with Crippen molar-refractivity contribution in [3.63, 3.8) is 0 Å². The first-order chi connectivity index (χ1) is 11.2. The Balaban J connectivity index is 0.000000338. The molecule has 3 rings (SSSR count). The van der Waals surface area contributed by atoms with Crippen LogP contribution in [0.1, 0.15) is 17.5 Å². The highest BCUT2D eigenvalue weighted by molar-refractivity contribution is 5.74. The standard InChI is InChI=1S/C16H16O2.C2H5NO2/c1-2-5-13(6-3-1)12-18-15-9-8-14-7-4-10-17-16(14)11-15;3-2(5)1-4/h1-3,5-6,8-9,11H,4,7,10,12H2;4H,1H2,(H2,3,5). The fourth-order valence-corrected chi connectivity index (χ4v) is 2.15. The third-order valence-electron chi connectivity index (χ3n) is 3.29. The zero-order valence-electron chi connectivity index (χ0n) is 12.9. The van der Waals surface area contributed by atoms with E-state index in [9.17, 15) is 4.79 Å². The first-order valence-corrected chi connectivity index (χ1v) is 7.50. The second-order valence-electron chi connectivity index (χ2n) is 5.12. The molecule has 0 fully saturated rings. The van der Waals surface area contributed by atoms with Crippen LogP contribution in [0.3, 0.4) is 0 Å². The quantitative estimate of drug-likeness (QED) is 0.905. The smallest absolute Gasteiger partial charge is 0.243 e. The molecule has 0 saturated heterocycles. The molecular formula is C18H21NO4. The molecule has 0 aliphatic carbocycles. The van der Waals surface area contributed by atoms with Crippen molar-refractivity contribution < 1.29 is 19.4 Å². The zero-order chi connectivity index (χ0) is 16.5. The maximum Gasteiger partial charge on any atom is 0.243 e. The van der Waals surface area contributed by atoms with Crippen molar-refractivity contribution in [2.24, 2.45) is 5.73 Å². The lowest BCUT2D eigenvalue weighted by atomic mass is 10.1. The molecule has 2 aromatic carbocycles. The van der Waals surface area contributed by atoms with Crippen LogP contribution in [0.25, 0.3) is 0 Å². The van der Waals surface area contributed by atoms with Gasteiger partial charge in [-0.2, -0.15) is 0 Å². The lowest BCUT2D eigenvalue weighted by molar-refractivity contribution is -0.120. The van der Waals surface area contributed by atoms with Crippen molar-refractivity contribution in [3.8, 4) is 11.5 Å². The Morgan fingerprint density at radius 2 is 1.96 bits per heavy atom. The molecule has 1 amide bonds. The summed E-state index contributed by atoms with van der Waals surface area (Å²) in [6, 6.07) is 16.3. The number of carbonyl (C=O) groups is 1. The van der Waals surface area contributed by atoms with Crippen LogP contribution in [0, 0.1) is 0 Å². The number of primary amides is 1. The van der Waals surface area contributed by atoms with Gasteiger partial charge in [0.2, 0.25) is 5.91 Å². The molecule has 0 radical (unpaired) electrons. The molecule has 3 N–H and O–H groups in total. The Morgan fingerprint density at radius 3 is 2.65 bits per heavy atom. The largest absolute Gasteiger partial charge is 0.493 e. The summed E-state index contributed by atoms with van der Waals surface area (Å²) >= 11 is 0. The predicted octanol–water partition coefficient (Wildman–Crippen LogP) is 2.05. The molecule has 122 valence electrons. The maximum absolute atomic E-state index is 9.34. The van der Waals surface area contributed by atoms with Crippen LogP contribution in [0.15, 0.2) is 48.5 Å². The normalized spacial score (nSPS) is 12.2. The van der Waals surface area contributed by atoms with Gasteiger partial charge in [0.15, 0.2) is 0 Å². The van der Waals surface area contributed by atoms with E-state index in [4.69, 9.17) is 14.6 Å². The number of hydrogen-bond acceptors (Lipinski definition) is 4. The average molecular weight is 315 g/mol. The van der Waals surface area contributed by atoms with Gasteiger partial charge in [-0.25, -0.2) is 0 Å². The van der Waals surface area contributed by atoms with Crippen LogP contribution < -0.4 is 15.2 Å². The number of aliphatic hydroxyl groups excluding tert-OH is 1.